The molecule has 1 aromatic heterocycles. The maximum absolute atomic E-state index is 13.0. The van der Waals surface area contributed by atoms with Crippen LogP contribution in [0, 0.1) is 13.8 Å². The number of fused-ring (bicyclic) bond motifs is 1. The van der Waals surface area contributed by atoms with Gasteiger partial charge in [0, 0.05) is 19.0 Å². The highest BCUT2D eigenvalue weighted by atomic mass is 32.2. The molecular formula is C20H23N3O2S. The van der Waals surface area contributed by atoms with Crippen molar-refractivity contribution in [3.05, 3.63) is 59.4 Å². The summed E-state index contributed by atoms with van der Waals surface area (Å²) in [5.74, 6) is 1.24. The number of nitrogens with one attached hydrogen (secondary N) is 1. The van der Waals surface area contributed by atoms with Gasteiger partial charge in [0.2, 0.25) is 10.0 Å². The SMILES string of the molecule is Cc1ccc(S(=O)(=O)N2CCC(c3nc4ccccc4[nH]3)CC2)c(C)c1. The molecule has 6 heteroatoms. The van der Waals surface area contributed by atoms with E-state index in [2.05, 4.69) is 9.97 Å². The summed E-state index contributed by atoms with van der Waals surface area (Å²) < 4.78 is 27.6. The smallest absolute Gasteiger partial charge is 0.243 e. The van der Waals surface area contributed by atoms with Gasteiger partial charge < -0.3 is 4.98 Å². The van der Waals surface area contributed by atoms with E-state index in [9.17, 15) is 8.42 Å². The Morgan fingerprint density at radius 2 is 1.81 bits per heavy atom. The van der Waals surface area contributed by atoms with Gasteiger partial charge in [0.05, 0.1) is 15.9 Å². The van der Waals surface area contributed by atoms with Crippen molar-refractivity contribution in [1.82, 2.24) is 14.3 Å². The van der Waals surface area contributed by atoms with Gasteiger partial charge in [-0.2, -0.15) is 4.31 Å². The second kappa shape index (κ2) is 6.52. The fraction of sp³-hybridized carbons (Fsp3) is 0.350. The molecule has 1 saturated heterocycles. The molecular weight excluding hydrogens is 346 g/mol. The number of H-pyrrole nitrogens is 1. The fourth-order valence-corrected chi connectivity index (χ4v) is 5.44. The van der Waals surface area contributed by atoms with Crippen molar-refractivity contribution in [2.45, 2.75) is 37.5 Å². The molecule has 136 valence electrons. The molecule has 1 aliphatic heterocycles. The molecule has 0 spiro atoms. The summed E-state index contributed by atoms with van der Waals surface area (Å²) in [6.07, 6.45) is 1.56. The number of benzene rings is 2. The molecule has 0 saturated carbocycles. The third-order valence-electron chi connectivity index (χ3n) is 5.20. The molecule has 2 heterocycles. The third-order valence-corrected chi connectivity index (χ3v) is 7.26. The highest BCUT2D eigenvalue weighted by Gasteiger charge is 2.31. The Bertz CT molecular complexity index is 1010. The van der Waals surface area contributed by atoms with Crippen LogP contribution in [0.4, 0.5) is 0 Å². The van der Waals surface area contributed by atoms with Gasteiger partial charge >= 0.3 is 0 Å². The monoisotopic (exact) mass is 369 g/mol. The number of imidazole rings is 1. The van der Waals surface area contributed by atoms with Crippen molar-refractivity contribution in [2.24, 2.45) is 0 Å². The molecule has 0 bridgehead atoms. The lowest BCUT2D eigenvalue weighted by Gasteiger charge is -2.30. The van der Waals surface area contributed by atoms with E-state index in [4.69, 9.17) is 0 Å². The summed E-state index contributed by atoms with van der Waals surface area (Å²) in [6, 6.07) is 13.5. The number of hydrogen-bond donors (Lipinski definition) is 1. The first-order chi connectivity index (χ1) is 12.4. The zero-order valence-corrected chi connectivity index (χ0v) is 15.9. The second-order valence-electron chi connectivity index (χ2n) is 7.09. The first-order valence-corrected chi connectivity index (χ1v) is 10.4. The number of sulfonamides is 1. The van der Waals surface area contributed by atoms with Crippen LogP contribution >= 0.6 is 0 Å². The average molecular weight is 369 g/mol. The molecule has 0 unspecified atom stereocenters. The van der Waals surface area contributed by atoms with Gasteiger partial charge in [-0.25, -0.2) is 13.4 Å². The Morgan fingerprint density at radius 1 is 1.08 bits per heavy atom. The number of hydrogen-bond acceptors (Lipinski definition) is 3. The lowest BCUT2D eigenvalue weighted by Crippen LogP contribution is -2.38. The van der Waals surface area contributed by atoms with Gasteiger partial charge in [-0.3, -0.25) is 0 Å². The van der Waals surface area contributed by atoms with E-state index in [1.807, 2.05) is 50.2 Å². The molecule has 0 aliphatic carbocycles. The maximum Gasteiger partial charge on any atom is 0.243 e. The molecule has 2 aromatic carbocycles. The van der Waals surface area contributed by atoms with Crippen LogP contribution in [0.5, 0.6) is 0 Å². The molecule has 0 radical (unpaired) electrons. The molecule has 4 rings (SSSR count). The van der Waals surface area contributed by atoms with Crippen LogP contribution in [0.1, 0.15) is 35.7 Å². The van der Waals surface area contributed by atoms with E-state index < -0.39 is 10.0 Å². The van der Waals surface area contributed by atoms with Crippen LogP contribution in [0.15, 0.2) is 47.4 Å². The third kappa shape index (κ3) is 3.04. The zero-order chi connectivity index (χ0) is 18.3. The average Bonchev–Trinajstić information content (AvgIpc) is 3.05. The van der Waals surface area contributed by atoms with Gasteiger partial charge in [0.25, 0.3) is 0 Å². The lowest BCUT2D eigenvalue weighted by molar-refractivity contribution is 0.314. The Kier molecular flexibility index (Phi) is 4.32. The normalized spacial score (nSPS) is 17.0. The fourth-order valence-electron chi connectivity index (χ4n) is 3.76. The minimum Gasteiger partial charge on any atom is -0.342 e. The van der Waals surface area contributed by atoms with Crippen molar-refractivity contribution in [3.63, 3.8) is 0 Å². The van der Waals surface area contributed by atoms with Crippen LogP contribution in [0.3, 0.4) is 0 Å². The van der Waals surface area contributed by atoms with Crippen LogP contribution in [-0.4, -0.2) is 35.8 Å². The molecule has 1 fully saturated rings. The number of aromatic amines is 1. The first-order valence-electron chi connectivity index (χ1n) is 8.97. The number of aromatic nitrogens is 2. The van der Waals surface area contributed by atoms with Crippen LogP contribution in [-0.2, 0) is 10.0 Å². The predicted octanol–water partition coefficient (Wildman–Crippen LogP) is 3.75. The van der Waals surface area contributed by atoms with E-state index in [1.54, 1.807) is 10.4 Å². The molecule has 26 heavy (non-hydrogen) atoms. The summed E-state index contributed by atoms with van der Waals surface area (Å²) in [6.45, 7) is 4.89. The number of rotatable bonds is 3. The minimum absolute atomic E-state index is 0.271. The van der Waals surface area contributed by atoms with Gasteiger partial charge in [0.15, 0.2) is 0 Å². The molecule has 1 N–H and O–H groups in total. The predicted molar refractivity (Wildman–Crippen MR) is 103 cm³/mol. The van der Waals surface area contributed by atoms with Crippen LogP contribution in [0.2, 0.25) is 0 Å². The topological polar surface area (TPSA) is 66.1 Å². The van der Waals surface area contributed by atoms with E-state index in [0.29, 0.717) is 18.0 Å². The minimum atomic E-state index is -3.44. The van der Waals surface area contributed by atoms with E-state index in [1.165, 1.54) is 0 Å². The van der Waals surface area contributed by atoms with Crippen molar-refractivity contribution in [2.75, 3.05) is 13.1 Å². The van der Waals surface area contributed by atoms with E-state index >= 15 is 0 Å². The summed E-state index contributed by atoms with van der Waals surface area (Å²) >= 11 is 0. The highest BCUT2D eigenvalue weighted by Crippen LogP contribution is 2.31. The molecule has 3 aromatic rings. The molecule has 5 nitrogen and oxygen atoms in total. The van der Waals surface area contributed by atoms with Gasteiger partial charge in [-0.1, -0.05) is 29.8 Å². The Labute approximate surface area is 154 Å². The Morgan fingerprint density at radius 3 is 2.50 bits per heavy atom. The standard InChI is InChI=1S/C20H23N3O2S/c1-14-7-8-19(15(2)13-14)26(24,25)23-11-9-16(10-12-23)20-21-17-5-3-4-6-18(17)22-20/h3-8,13,16H,9-12H2,1-2H3,(H,21,22). The second-order valence-corrected chi connectivity index (χ2v) is 8.99. The summed E-state index contributed by atoms with van der Waals surface area (Å²) in [7, 11) is -3.44. The lowest BCUT2D eigenvalue weighted by atomic mass is 9.97. The Hall–Kier alpha value is -2.18. The van der Waals surface area contributed by atoms with Gasteiger partial charge in [-0.05, 0) is 50.5 Å². The van der Waals surface area contributed by atoms with Crippen LogP contribution in [0.25, 0.3) is 11.0 Å². The highest BCUT2D eigenvalue weighted by molar-refractivity contribution is 7.89. The van der Waals surface area contributed by atoms with Gasteiger partial charge in [0.1, 0.15) is 5.82 Å². The van der Waals surface area contributed by atoms with Gasteiger partial charge in [-0.15, -0.1) is 0 Å². The van der Waals surface area contributed by atoms with E-state index in [-0.39, 0.29) is 5.92 Å². The number of aryl methyl sites for hydroxylation is 2. The number of para-hydroxylation sites is 2. The van der Waals surface area contributed by atoms with Crippen molar-refractivity contribution in [3.8, 4) is 0 Å². The first kappa shape index (κ1) is 17.2. The van der Waals surface area contributed by atoms with Crippen molar-refractivity contribution in [1.29, 1.82) is 0 Å². The molecule has 1 aliphatic rings. The van der Waals surface area contributed by atoms with Crippen molar-refractivity contribution >= 4 is 21.1 Å². The molecule has 0 atom stereocenters. The zero-order valence-electron chi connectivity index (χ0n) is 15.1. The summed E-state index contributed by atoms with van der Waals surface area (Å²) in [4.78, 5) is 8.49. The van der Waals surface area contributed by atoms with Crippen LogP contribution < -0.4 is 0 Å². The largest absolute Gasteiger partial charge is 0.342 e. The van der Waals surface area contributed by atoms with E-state index in [0.717, 1.165) is 40.8 Å². The van der Waals surface area contributed by atoms with Crippen molar-refractivity contribution < 1.29 is 8.42 Å². The summed E-state index contributed by atoms with van der Waals surface area (Å²) in [5.41, 5.74) is 3.88. The summed E-state index contributed by atoms with van der Waals surface area (Å²) in [5, 5.41) is 0. The number of nitrogens with zero attached hydrogens (tertiary/aromatic N) is 2. The molecule has 0 amide bonds. The quantitative estimate of drug-likeness (QED) is 0.765. The number of piperidine rings is 1. The maximum atomic E-state index is 13.0. The Balaban J connectivity index is 1.52.